The van der Waals surface area contributed by atoms with Crippen molar-refractivity contribution in [1.29, 1.82) is 5.41 Å². The van der Waals surface area contributed by atoms with Crippen LogP contribution in [0.2, 0.25) is 0 Å². The molecule has 0 saturated carbocycles. The molecule has 0 spiro atoms. The van der Waals surface area contributed by atoms with Gasteiger partial charge in [0, 0.05) is 7.05 Å². The van der Waals surface area contributed by atoms with E-state index in [1.54, 1.807) is 0 Å². The molecule has 0 aliphatic carbocycles. The van der Waals surface area contributed by atoms with Gasteiger partial charge in [0.1, 0.15) is 6.54 Å². The third-order valence-corrected chi connectivity index (χ3v) is 1.44. The van der Waals surface area contributed by atoms with Crippen LogP contribution >= 0.6 is 7.82 Å². The van der Waals surface area contributed by atoms with Crippen molar-refractivity contribution in [3.05, 3.63) is 0 Å². The Bertz CT molecular complexity index is 272. The molecule has 19 heavy (non-hydrogen) atoms. The van der Waals surface area contributed by atoms with E-state index in [0.717, 1.165) is 4.90 Å². The first-order valence-electron chi connectivity index (χ1n) is 3.05. The Morgan fingerprint density at radius 2 is 1.58 bits per heavy atom. The quantitative estimate of drug-likeness (QED) is 0.168. The SMILES string of the molecule is CN(CC(=O)OP(=O)(O)O)C(=N)N.O.O.O.O.O.[NaH]. The fourth-order valence-electron chi connectivity index (χ4n) is 0.440. The van der Waals surface area contributed by atoms with Gasteiger partial charge in [0.2, 0.25) is 0 Å². The summed E-state index contributed by atoms with van der Waals surface area (Å²) < 4.78 is 13.8. The number of rotatable bonds is 3. The van der Waals surface area contributed by atoms with E-state index in [1.165, 1.54) is 7.05 Å². The maximum atomic E-state index is 10.7. The number of phosphoric ester groups is 1. The standard InChI is InChI=1S/C4H10N3O5P.Na.5H2O.H/c1-7(4(5)6)2-3(8)12-13(9,10)11;;;;;;;/h2H2,1H3,(H3,5,6)(H2,9,10,11);;5*1H2;. The van der Waals surface area contributed by atoms with Gasteiger partial charge in [-0.1, -0.05) is 0 Å². The molecule has 15 heteroatoms. The number of nitrogens with two attached hydrogens (primary N) is 1. The molecule has 0 atom stereocenters. The van der Waals surface area contributed by atoms with Gasteiger partial charge in [-0.3, -0.25) is 15.2 Å². The van der Waals surface area contributed by atoms with Gasteiger partial charge >= 0.3 is 43.3 Å². The van der Waals surface area contributed by atoms with Crippen LogP contribution in [-0.2, 0) is 13.9 Å². The van der Waals surface area contributed by atoms with E-state index in [4.69, 9.17) is 20.9 Å². The van der Waals surface area contributed by atoms with Crippen LogP contribution in [0.1, 0.15) is 0 Å². The van der Waals surface area contributed by atoms with E-state index in [2.05, 4.69) is 4.52 Å². The Kier molecular flexibility index (Phi) is 39.8. The summed E-state index contributed by atoms with van der Waals surface area (Å²) in [6.45, 7) is -0.486. The number of carbonyl (C=O) groups excluding carboxylic acids is 1. The second kappa shape index (κ2) is 17.7. The topological polar surface area (TPSA) is 294 Å². The normalized spacial score (nSPS) is 7.32. The van der Waals surface area contributed by atoms with Crippen LogP contribution in [0.25, 0.3) is 0 Å². The van der Waals surface area contributed by atoms with Crippen molar-refractivity contribution in [3.8, 4) is 0 Å². The third kappa shape index (κ3) is 27.0. The Labute approximate surface area is 130 Å². The van der Waals surface area contributed by atoms with E-state index in [-0.39, 0.29) is 56.9 Å². The minimum atomic E-state index is -4.80. The van der Waals surface area contributed by atoms with Crippen molar-refractivity contribution in [2.75, 3.05) is 13.6 Å². The molecule has 13 nitrogen and oxygen atoms in total. The number of nitrogens with zero attached hydrogens (tertiary/aromatic N) is 1. The zero-order valence-electron chi connectivity index (χ0n) is 9.30. The van der Waals surface area contributed by atoms with E-state index in [1.807, 2.05) is 0 Å². The van der Waals surface area contributed by atoms with Crippen LogP contribution in [0.5, 0.6) is 0 Å². The molecule has 118 valence electrons. The Hall–Kier alpha value is -0.310. The van der Waals surface area contributed by atoms with Crippen molar-refractivity contribution < 1.29 is 51.1 Å². The molecular weight excluding hydrogens is 304 g/mol. The number of hydrogen-bond acceptors (Lipinski definition) is 4. The number of hydrogen-bond donors (Lipinski definition) is 4. The number of carbonyl (C=O) groups is 1. The molecule has 0 heterocycles. The second-order valence-electron chi connectivity index (χ2n) is 2.20. The van der Waals surface area contributed by atoms with E-state index in [9.17, 15) is 9.36 Å². The summed E-state index contributed by atoms with van der Waals surface area (Å²) in [5.74, 6) is -1.55. The predicted octanol–water partition coefficient (Wildman–Crippen LogP) is -6.32. The van der Waals surface area contributed by atoms with Crippen molar-refractivity contribution in [2.24, 2.45) is 5.73 Å². The van der Waals surface area contributed by atoms with Gasteiger partial charge in [-0.25, -0.2) is 9.36 Å². The van der Waals surface area contributed by atoms with Gasteiger partial charge in [-0.15, -0.1) is 0 Å². The van der Waals surface area contributed by atoms with Gasteiger partial charge < -0.3 is 42.5 Å². The molecule has 0 aromatic carbocycles. The van der Waals surface area contributed by atoms with Crippen molar-refractivity contribution in [2.45, 2.75) is 0 Å². The molecule has 0 amide bonds. The number of nitrogens with one attached hydrogen (secondary N) is 1. The zero-order chi connectivity index (χ0) is 10.6. The van der Waals surface area contributed by atoms with Crippen LogP contribution in [0.15, 0.2) is 0 Å². The average Bonchev–Trinajstić information content (AvgIpc) is 1.81. The van der Waals surface area contributed by atoms with Gasteiger partial charge in [0.25, 0.3) is 0 Å². The van der Waals surface area contributed by atoms with Crippen molar-refractivity contribution >= 4 is 49.3 Å². The number of likely N-dealkylation sites (N-methyl/N-ethyl adjacent to an activating group) is 1. The van der Waals surface area contributed by atoms with Crippen LogP contribution in [-0.4, -0.2) is 97.1 Å². The summed E-state index contributed by atoms with van der Waals surface area (Å²) in [6, 6.07) is 0. The second-order valence-corrected chi connectivity index (χ2v) is 3.36. The summed E-state index contributed by atoms with van der Waals surface area (Å²) in [6.07, 6.45) is 0. The monoisotopic (exact) mass is 325 g/mol. The molecule has 0 bridgehead atoms. The molecular formula is C4H21N3NaO10P. The van der Waals surface area contributed by atoms with Gasteiger partial charge in [0.15, 0.2) is 5.96 Å². The minimum absolute atomic E-state index is 0. The van der Waals surface area contributed by atoms with E-state index >= 15 is 0 Å². The fourth-order valence-corrected chi connectivity index (χ4v) is 0.763. The summed E-state index contributed by atoms with van der Waals surface area (Å²) >= 11 is 0. The van der Waals surface area contributed by atoms with Gasteiger partial charge in [-0.2, -0.15) is 0 Å². The molecule has 0 radical (unpaired) electrons. The average molecular weight is 325 g/mol. The van der Waals surface area contributed by atoms with E-state index < -0.39 is 26.3 Å². The molecule has 0 saturated heterocycles. The van der Waals surface area contributed by atoms with Crippen LogP contribution in [0.4, 0.5) is 0 Å². The maximum absolute atomic E-state index is 10.7. The summed E-state index contributed by atoms with van der Waals surface area (Å²) in [7, 11) is -3.49. The molecule has 15 N–H and O–H groups in total. The number of phosphoric acid groups is 1. The molecule has 0 aliphatic rings. The fraction of sp³-hybridized carbons (Fsp3) is 0.500. The first-order chi connectivity index (χ1) is 5.72. The first-order valence-corrected chi connectivity index (χ1v) is 4.58. The van der Waals surface area contributed by atoms with E-state index in [0.29, 0.717) is 0 Å². The molecule has 0 aromatic heterocycles. The van der Waals surface area contributed by atoms with Crippen molar-refractivity contribution in [3.63, 3.8) is 0 Å². The van der Waals surface area contributed by atoms with Crippen LogP contribution < -0.4 is 5.73 Å². The Balaban J connectivity index is -0.0000000480. The molecule has 0 aliphatic heterocycles. The van der Waals surface area contributed by atoms with Gasteiger partial charge in [0.05, 0.1) is 0 Å². The van der Waals surface area contributed by atoms with Crippen LogP contribution in [0.3, 0.4) is 0 Å². The summed E-state index contributed by atoms with van der Waals surface area (Å²) in [5.41, 5.74) is 4.96. The van der Waals surface area contributed by atoms with Crippen LogP contribution in [0, 0.1) is 5.41 Å². The van der Waals surface area contributed by atoms with Gasteiger partial charge in [-0.05, 0) is 0 Å². The number of guanidine groups is 1. The predicted molar refractivity (Wildman–Crippen MR) is 67.9 cm³/mol. The van der Waals surface area contributed by atoms with Crippen molar-refractivity contribution in [1.82, 2.24) is 4.90 Å². The Morgan fingerprint density at radius 3 is 1.79 bits per heavy atom. The third-order valence-electron chi connectivity index (χ3n) is 0.998. The molecule has 0 aromatic rings. The first kappa shape index (κ1) is 42.8. The molecule has 0 unspecified atom stereocenters. The zero-order valence-corrected chi connectivity index (χ0v) is 10.2. The Morgan fingerprint density at radius 1 is 1.26 bits per heavy atom. The summed E-state index contributed by atoms with van der Waals surface area (Å²) in [5, 5.41) is 6.83. The molecule has 0 fully saturated rings. The molecule has 0 rings (SSSR count). The summed E-state index contributed by atoms with van der Waals surface area (Å²) in [4.78, 5) is 28.0.